The summed E-state index contributed by atoms with van der Waals surface area (Å²) >= 11 is 3.37. The van der Waals surface area contributed by atoms with E-state index in [9.17, 15) is 14.7 Å². The second-order valence-corrected chi connectivity index (χ2v) is 12.6. The number of carbonyl (C=O) groups is 2. The first kappa shape index (κ1) is 28.4. The third kappa shape index (κ3) is 4.98. The maximum absolute atomic E-state index is 14.0. The van der Waals surface area contributed by atoms with E-state index in [0.717, 1.165) is 39.6 Å². The molecular weight excluding hydrogens is 598 g/mol. The number of rotatable bonds is 7. The molecule has 1 saturated heterocycles. The van der Waals surface area contributed by atoms with Crippen LogP contribution >= 0.6 is 15.9 Å². The van der Waals surface area contributed by atoms with Crippen molar-refractivity contribution in [1.82, 2.24) is 29.6 Å². The van der Waals surface area contributed by atoms with Gasteiger partial charge < -0.3 is 15.3 Å². The zero-order valence-corrected chi connectivity index (χ0v) is 25.9. The zero-order valence-electron chi connectivity index (χ0n) is 24.3. The third-order valence-corrected chi connectivity index (χ3v) is 9.10. The van der Waals surface area contributed by atoms with Gasteiger partial charge in [-0.3, -0.25) is 14.3 Å². The summed E-state index contributed by atoms with van der Waals surface area (Å²) in [4.78, 5) is 42.4. The van der Waals surface area contributed by atoms with Crippen LogP contribution in [0.4, 0.5) is 5.82 Å². The standard InChI is InChI=1S/C31H34BrN7O3/c1-6-19-9-20(21-13-33-18(4)34-14-21)10-22-27(17(3)40)37-38(28(19)22)15-26(41)39-23(11-31(5)12-24(31)39)30(42)36-29-16(2)7-8-25(32)35-29/h7-10,13-14,17,23-24,40H,6,11-12,15H2,1-5H3,(H,35,36,42)/t17?,23-,24+,31-/m0/s1. The molecule has 4 atom stereocenters. The molecule has 2 fully saturated rings. The van der Waals surface area contributed by atoms with Crippen LogP contribution < -0.4 is 5.32 Å². The van der Waals surface area contributed by atoms with Gasteiger partial charge in [-0.1, -0.05) is 19.9 Å². The van der Waals surface area contributed by atoms with Crippen LogP contribution in [0.25, 0.3) is 22.0 Å². The summed E-state index contributed by atoms with van der Waals surface area (Å²) in [6.07, 6.45) is 4.91. The van der Waals surface area contributed by atoms with Gasteiger partial charge in [0.2, 0.25) is 11.8 Å². The second-order valence-electron chi connectivity index (χ2n) is 11.8. The summed E-state index contributed by atoms with van der Waals surface area (Å²) in [7, 11) is 0. The first-order chi connectivity index (χ1) is 20.0. The Morgan fingerprint density at radius 3 is 2.60 bits per heavy atom. The summed E-state index contributed by atoms with van der Waals surface area (Å²) in [6.45, 7) is 9.56. The summed E-state index contributed by atoms with van der Waals surface area (Å²) < 4.78 is 2.32. The lowest BCUT2D eigenvalue weighted by atomic mass is 9.99. The minimum absolute atomic E-state index is 0.00848. The summed E-state index contributed by atoms with van der Waals surface area (Å²) in [5, 5.41) is 19.1. The van der Waals surface area contributed by atoms with Gasteiger partial charge in [0.15, 0.2) is 0 Å². The van der Waals surface area contributed by atoms with Crippen LogP contribution in [0.2, 0.25) is 0 Å². The molecule has 2 aliphatic rings. The lowest BCUT2D eigenvalue weighted by Gasteiger charge is -2.27. The number of amides is 2. The number of nitrogens with one attached hydrogen (secondary N) is 1. The number of carbonyl (C=O) groups excluding carboxylic acids is 2. The fourth-order valence-corrected chi connectivity index (χ4v) is 6.54. The Morgan fingerprint density at radius 1 is 1.17 bits per heavy atom. The van der Waals surface area contributed by atoms with Gasteiger partial charge in [-0.25, -0.2) is 15.0 Å². The van der Waals surface area contributed by atoms with Crippen LogP contribution in [0.5, 0.6) is 0 Å². The molecule has 1 unspecified atom stereocenters. The highest BCUT2D eigenvalue weighted by molar-refractivity contribution is 9.10. The molecule has 0 spiro atoms. The van der Waals surface area contributed by atoms with Crippen LogP contribution in [0, 0.1) is 19.3 Å². The average Bonchev–Trinajstić information content (AvgIpc) is 3.31. The number of anilines is 1. The van der Waals surface area contributed by atoms with Crippen molar-refractivity contribution in [2.24, 2.45) is 5.41 Å². The first-order valence-electron chi connectivity index (χ1n) is 14.2. The van der Waals surface area contributed by atoms with E-state index in [-0.39, 0.29) is 29.8 Å². The number of pyridine rings is 1. The SMILES string of the molecule is CCc1cc(-c2cnc(C)nc2)cc2c(C(C)O)nn(CC(=O)N3[C@H](C(=O)Nc4nc(Br)ccc4C)C[C@@]4(C)C[C@@H]34)c12. The van der Waals surface area contributed by atoms with Crippen molar-refractivity contribution in [3.05, 3.63) is 63.9 Å². The number of aromatic nitrogens is 5. The highest BCUT2D eigenvalue weighted by Gasteiger charge is 2.64. The molecule has 0 bridgehead atoms. The van der Waals surface area contributed by atoms with Gasteiger partial charge >= 0.3 is 0 Å². The van der Waals surface area contributed by atoms with Crippen molar-refractivity contribution in [1.29, 1.82) is 0 Å². The Balaban J connectivity index is 1.33. The Labute approximate surface area is 252 Å². The monoisotopic (exact) mass is 631 g/mol. The molecule has 1 aliphatic carbocycles. The lowest BCUT2D eigenvalue weighted by Crippen LogP contribution is -2.47. The molecule has 218 valence electrons. The topological polar surface area (TPSA) is 126 Å². The van der Waals surface area contributed by atoms with Gasteiger partial charge in [0.05, 0.1) is 17.3 Å². The van der Waals surface area contributed by atoms with Crippen LogP contribution in [-0.4, -0.2) is 58.6 Å². The van der Waals surface area contributed by atoms with E-state index in [0.29, 0.717) is 34.8 Å². The summed E-state index contributed by atoms with van der Waals surface area (Å²) in [5.41, 5.74) is 4.88. The van der Waals surface area contributed by atoms with Gasteiger partial charge in [-0.05, 0) is 96.3 Å². The molecule has 11 heteroatoms. The number of aliphatic hydroxyl groups is 1. The predicted molar refractivity (Wildman–Crippen MR) is 163 cm³/mol. The van der Waals surface area contributed by atoms with Gasteiger partial charge in [0.1, 0.15) is 28.8 Å². The van der Waals surface area contributed by atoms with Crippen LogP contribution in [0.1, 0.15) is 62.4 Å². The van der Waals surface area contributed by atoms with Crippen LogP contribution in [0.15, 0.2) is 41.3 Å². The van der Waals surface area contributed by atoms with Crippen molar-refractivity contribution in [2.45, 2.75) is 78.6 Å². The number of hydrogen-bond acceptors (Lipinski definition) is 7. The summed E-state index contributed by atoms with van der Waals surface area (Å²) in [5.74, 6) is 0.768. The number of likely N-dealkylation sites (tertiary alicyclic amines) is 1. The highest BCUT2D eigenvalue weighted by Crippen LogP contribution is 2.59. The summed E-state index contributed by atoms with van der Waals surface area (Å²) in [6, 6.07) is 7.17. The van der Waals surface area contributed by atoms with E-state index in [1.165, 1.54) is 0 Å². The normalized spacial score (nSPS) is 21.8. The number of benzene rings is 1. The quantitative estimate of drug-likeness (QED) is 0.278. The molecule has 42 heavy (non-hydrogen) atoms. The Hall–Kier alpha value is -3.70. The fraction of sp³-hybridized carbons (Fsp3) is 0.419. The zero-order chi connectivity index (χ0) is 29.9. The largest absolute Gasteiger partial charge is 0.387 e. The lowest BCUT2D eigenvalue weighted by molar-refractivity contribution is -0.138. The molecule has 10 nitrogen and oxygen atoms in total. The highest BCUT2D eigenvalue weighted by atomic mass is 79.9. The third-order valence-electron chi connectivity index (χ3n) is 8.66. The number of halogens is 1. The van der Waals surface area contributed by atoms with Gasteiger partial charge in [0, 0.05) is 29.4 Å². The predicted octanol–water partition coefficient (Wildman–Crippen LogP) is 4.90. The van der Waals surface area contributed by atoms with Gasteiger partial charge in [-0.2, -0.15) is 5.10 Å². The van der Waals surface area contributed by atoms with Crippen molar-refractivity contribution >= 4 is 44.5 Å². The van der Waals surface area contributed by atoms with Crippen molar-refractivity contribution < 1.29 is 14.7 Å². The smallest absolute Gasteiger partial charge is 0.248 e. The molecule has 4 heterocycles. The Kier molecular flexibility index (Phi) is 7.13. The number of aryl methyl sites for hydroxylation is 3. The fourth-order valence-electron chi connectivity index (χ4n) is 6.23. The molecule has 2 amide bonds. The minimum atomic E-state index is -0.837. The van der Waals surface area contributed by atoms with Crippen LogP contribution in [-0.2, 0) is 22.6 Å². The number of aliphatic hydroxyl groups excluding tert-OH is 1. The maximum atomic E-state index is 14.0. The number of piperidine rings is 1. The Bertz CT molecular complexity index is 1720. The Morgan fingerprint density at radius 2 is 1.90 bits per heavy atom. The molecule has 0 radical (unpaired) electrons. The molecule has 6 rings (SSSR count). The van der Waals surface area contributed by atoms with E-state index in [2.05, 4.69) is 56.1 Å². The molecule has 2 N–H and O–H groups in total. The minimum Gasteiger partial charge on any atom is -0.387 e. The molecular formula is C31H34BrN7O3. The second kappa shape index (κ2) is 10.5. The van der Waals surface area contributed by atoms with E-state index < -0.39 is 12.1 Å². The average molecular weight is 633 g/mol. The number of nitrogens with zero attached hydrogens (tertiary/aromatic N) is 6. The van der Waals surface area contributed by atoms with Crippen LogP contribution in [0.3, 0.4) is 0 Å². The van der Waals surface area contributed by atoms with E-state index in [4.69, 9.17) is 5.10 Å². The maximum Gasteiger partial charge on any atom is 0.248 e. The van der Waals surface area contributed by atoms with E-state index in [1.807, 2.05) is 32.0 Å². The van der Waals surface area contributed by atoms with Crippen molar-refractivity contribution in [3.63, 3.8) is 0 Å². The first-order valence-corrected chi connectivity index (χ1v) is 15.0. The number of fused-ring (bicyclic) bond motifs is 2. The van der Waals surface area contributed by atoms with Crippen molar-refractivity contribution in [3.8, 4) is 11.1 Å². The van der Waals surface area contributed by atoms with E-state index >= 15 is 0 Å². The molecule has 1 aromatic carbocycles. The van der Waals surface area contributed by atoms with Crippen molar-refractivity contribution in [2.75, 3.05) is 5.32 Å². The number of hydrogen-bond donors (Lipinski definition) is 2. The van der Waals surface area contributed by atoms with Gasteiger partial charge in [-0.15, -0.1) is 0 Å². The molecule has 1 saturated carbocycles. The molecule has 1 aliphatic heterocycles. The molecule has 4 aromatic rings. The van der Waals surface area contributed by atoms with Gasteiger partial charge in [0.25, 0.3) is 0 Å². The molecule has 3 aromatic heterocycles. The van der Waals surface area contributed by atoms with E-state index in [1.54, 1.807) is 28.9 Å².